The molecule has 0 unspecified atom stereocenters. The molecule has 0 aliphatic heterocycles. The van der Waals surface area contributed by atoms with Crippen molar-refractivity contribution in [2.75, 3.05) is 6.54 Å². The predicted molar refractivity (Wildman–Crippen MR) is 79.9 cm³/mol. The van der Waals surface area contributed by atoms with Crippen molar-refractivity contribution in [1.29, 1.82) is 0 Å². The van der Waals surface area contributed by atoms with E-state index in [4.69, 9.17) is 5.73 Å². The Bertz CT molecular complexity index is 383. The summed E-state index contributed by atoms with van der Waals surface area (Å²) in [6.07, 6.45) is 9.96. The monoisotopic (exact) mass is 261 g/mol. The highest BCUT2D eigenvalue weighted by Gasteiger charge is 2.24. The van der Waals surface area contributed by atoms with Gasteiger partial charge in [-0.15, -0.1) is 0 Å². The molecular formula is C16H27N3. The van der Waals surface area contributed by atoms with Gasteiger partial charge in [0.05, 0.1) is 0 Å². The first kappa shape index (κ1) is 14.5. The zero-order valence-electron chi connectivity index (χ0n) is 12.3. The summed E-state index contributed by atoms with van der Waals surface area (Å²) in [5.41, 5.74) is 8.74. The van der Waals surface area contributed by atoms with Crippen LogP contribution in [0.25, 0.3) is 0 Å². The fraction of sp³-hybridized carbons (Fsp3) is 0.688. The van der Waals surface area contributed by atoms with Gasteiger partial charge in [0.1, 0.15) is 0 Å². The first-order valence-electron chi connectivity index (χ1n) is 7.59. The van der Waals surface area contributed by atoms with E-state index in [1.807, 2.05) is 12.4 Å². The van der Waals surface area contributed by atoms with E-state index in [1.165, 1.54) is 49.8 Å². The second kappa shape index (κ2) is 7.01. The molecule has 1 fully saturated rings. The number of pyridine rings is 1. The Hall–Kier alpha value is -0.930. The van der Waals surface area contributed by atoms with Crippen LogP contribution in [0.1, 0.15) is 50.2 Å². The third-order valence-electron chi connectivity index (χ3n) is 4.29. The van der Waals surface area contributed by atoms with Crippen LogP contribution in [0.2, 0.25) is 0 Å². The maximum Gasteiger partial charge on any atom is 0.0315 e. The fourth-order valence-electron chi connectivity index (χ4n) is 3.03. The van der Waals surface area contributed by atoms with Gasteiger partial charge in [-0.2, -0.15) is 0 Å². The van der Waals surface area contributed by atoms with Crippen LogP contribution >= 0.6 is 0 Å². The molecule has 19 heavy (non-hydrogen) atoms. The van der Waals surface area contributed by atoms with Crippen molar-refractivity contribution in [2.45, 2.75) is 64.6 Å². The molecule has 0 spiro atoms. The molecule has 1 aliphatic carbocycles. The molecule has 2 rings (SSSR count). The van der Waals surface area contributed by atoms with Gasteiger partial charge in [0.25, 0.3) is 0 Å². The van der Waals surface area contributed by atoms with Crippen molar-refractivity contribution in [3.8, 4) is 0 Å². The maximum atomic E-state index is 6.02. The van der Waals surface area contributed by atoms with Gasteiger partial charge in [-0.25, -0.2) is 0 Å². The van der Waals surface area contributed by atoms with Gasteiger partial charge in [-0.1, -0.05) is 6.92 Å². The van der Waals surface area contributed by atoms with Gasteiger partial charge >= 0.3 is 0 Å². The average Bonchev–Trinajstić information content (AvgIpc) is 2.42. The van der Waals surface area contributed by atoms with Crippen molar-refractivity contribution >= 4 is 0 Å². The minimum absolute atomic E-state index is 0.430. The second-order valence-corrected chi connectivity index (χ2v) is 5.84. The summed E-state index contributed by atoms with van der Waals surface area (Å²) < 4.78 is 0. The minimum Gasteiger partial charge on any atom is -0.328 e. The van der Waals surface area contributed by atoms with Crippen LogP contribution in [0.3, 0.4) is 0 Å². The van der Waals surface area contributed by atoms with Gasteiger partial charge < -0.3 is 5.73 Å². The Balaban J connectivity index is 2.02. The van der Waals surface area contributed by atoms with Crippen molar-refractivity contribution in [2.24, 2.45) is 5.73 Å². The van der Waals surface area contributed by atoms with Crippen LogP contribution in [0.4, 0.5) is 0 Å². The minimum atomic E-state index is 0.430. The number of hydrogen-bond donors (Lipinski definition) is 1. The van der Waals surface area contributed by atoms with Crippen LogP contribution in [0.5, 0.6) is 0 Å². The Morgan fingerprint density at radius 2 is 2.05 bits per heavy atom. The molecule has 2 N–H and O–H groups in total. The molecule has 3 nitrogen and oxygen atoms in total. The Morgan fingerprint density at radius 3 is 2.68 bits per heavy atom. The summed E-state index contributed by atoms with van der Waals surface area (Å²) in [6.45, 7) is 6.65. The molecule has 1 heterocycles. The second-order valence-electron chi connectivity index (χ2n) is 5.84. The summed E-state index contributed by atoms with van der Waals surface area (Å²) in [4.78, 5) is 6.90. The number of hydrogen-bond acceptors (Lipinski definition) is 3. The first-order valence-corrected chi connectivity index (χ1v) is 7.59. The third-order valence-corrected chi connectivity index (χ3v) is 4.29. The third kappa shape index (κ3) is 4.02. The quantitative estimate of drug-likeness (QED) is 0.886. The Morgan fingerprint density at radius 1 is 1.32 bits per heavy atom. The molecule has 0 bridgehead atoms. The molecule has 1 saturated carbocycles. The van der Waals surface area contributed by atoms with Crippen LogP contribution in [0.15, 0.2) is 18.5 Å². The molecular weight excluding hydrogens is 234 g/mol. The normalized spacial score (nSPS) is 23.8. The lowest BCUT2D eigenvalue weighted by molar-refractivity contribution is 0.141. The van der Waals surface area contributed by atoms with Crippen molar-refractivity contribution in [3.63, 3.8) is 0 Å². The van der Waals surface area contributed by atoms with E-state index in [1.54, 1.807) is 0 Å². The van der Waals surface area contributed by atoms with Gasteiger partial charge in [0.2, 0.25) is 0 Å². The molecule has 1 aromatic rings. The molecule has 0 saturated heterocycles. The largest absolute Gasteiger partial charge is 0.328 e. The van der Waals surface area contributed by atoms with Gasteiger partial charge in [0.15, 0.2) is 0 Å². The highest BCUT2D eigenvalue weighted by Crippen LogP contribution is 2.24. The summed E-state index contributed by atoms with van der Waals surface area (Å²) >= 11 is 0. The zero-order chi connectivity index (χ0) is 13.7. The molecule has 0 radical (unpaired) electrons. The molecule has 0 amide bonds. The molecule has 0 aromatic carbocycles. The van der Waals surface area contributed by atoms with E-state index < -0.39 is 0 Å². The number of nitrogens with zero attached hydrogens (tertiary/aromatic N) is 2. The summed E-state index contributed by atoms with van der Waals surface area (Å²) in [6, 6.07) is 3.25. The molecule has 1 aliphatic rings. The summed E-state index contributed by atoms with van der Waals surface area (Å²) in [5.74, 6) is 0. The van der Waals surface area contributed by atoms with E-state index in [0.717, 1.165) is 6.54 Å². The number of rotatable bonds is 5. The van der Waals surface area contributed by atoms with Crippen molar-refractivity contribution in [3.05, 3.63) is 29.6 Å². The van der Waals surface area contributed by atoms with E-state index in [0.29, 0.717) is 12.1 Å². The van der Waals surface area contributed by atoms with Crippen LogP contribution in [0, 0.1) is 6.92 Å². The van der Waals surface area contributed by atoms with Crippen LogP contribution in [-0.2, 0) is 6.54 Å². The number of aryl methyl sites for hydroxylation is 1. The molecule has 106 valence electrons. The van der Waals surface area contributed by atoms with Gasteiger partial charge in [-0.3, -0.25) is 9.88 Å². The lowest BCUT2D eigenvalue weighted by Gasteiger charge is -2.36. The first-order chi connectivity index (χ1) is 9.20. The van der Waals surface area contributed by atoms with Crippen molar-refractivity contribution in [1.82, 2.24) is 9.88 Å². The summed E-state index contributed by atoms with van der Waals surface area (Å²) in [7, 11) is 0. The lowest BCUT2D eigenvalue weighted by atomic mass is 9.90. The van der Waals surface area contributed by atoms with Crippen molar-refractivity contribution < 1.29 is 0 Å². The highest BCUT2D eigenvalue weighted by molar-refractivity contribution is 5.21. The van der Waals surface area contributed by atoms with E-state index in [-0.39, 0.29) is 0 Å². The lowest BCUT2D eigenvalue weighted by Crippen LogP contribution is -2.41. The fourth-order valence-corrected chi connectivity index (χ4v) is 3.03. The Kier molecular flexibility index (Phi) is 5.34. The molecule has 1 aromatic heterocycles. The van der Waals surface area contributed by atoms with Gasteiger partial charge in [-0.05, 0) is 62.8 Å². The average molecular weight is 261 g/mol. The predicted octanol–water partition coefficient (Wildman–Crippen LogP) is 2.87. The molecule has 0 atom stereocenters. The van der Waals surface area contributed by atoms with Crippen LogP contribution < -0.4 is 5.73 Å². The molecule has 3 heteroatoms. The van der Waals surface area contributed by atoms with E-state index in [9.17, 15) is 0 Å². The number of aromatic nitrogens is 1. The SMILES string of the molecule is CCCN(Cc1cnccc1C)C1CCC(N)CC1. The Labute approximate surface area is 117 Å². The highest BCUT2D eigenvalue weighted by atomic mass is 15.2. The van der Waals surface area contributed by atoms with Gasteiger partial charge in [0, 0.05) is 31.0 Å². The zero-order valence-corrected chi connectivity index (χ0v) is 12.3. The number of nitrogens with two attached hydrogens (primary N) is 1. The maximum absolute atomic E-state index is 6.02. The van der Waals surface area contributed by atoms with E-state index in [2.05, 4.69) is 29.8 Å². The van der Waals surface area contributed by atoms with E-state index >= 15 is 0 Å². The standard InChI is InChI=1S/C16H27N3/c1-3-10-19(16-6-4-15(17)5-7-16)12-14-11-18-9-8-13(14)2/h8-9,11,15-16H,3-7,10,12,17H2,1-2H3. The smallest absolute Gasteiger partial charge is 0.0315 e. The summed E-state index contributed by atoms with van der Waals surface area (Å²) in [5, 5.41) is 0. The topological polar surface area (TPSA) is 42.2 Å². The van der Waals surface area contributed by atoms with Crippen LogP contribution in [-0.4, -0.2) is 28.5 Å².